The smallest absolute Gasteiger partial charge is 0.250 e. The van der Waals surface area contributed by atoms with Gasteiger partial charge in [0.15, 0.2) is 0 Å². The number of thiophene rings is 1. The maximum Gasteiger partial charge on any atom is 0.250 e. The fourth-order valence-electron chi connectivity index (χ4n) is 2.16. The summed E-state index contributed by atoms with van der Waals surface area (Å²) < 4.78 is 29.1. The molecule has 6 nitrogen and oxygen atoms in total. The van der Waals surface area contributed by atoms with E-state index in [0.29, 0.717) is 9.90 Å². The number of hydrogen-bond acceptors (Lipinski definition) is 5. The van der Waals surface area contributed by atoms with E-state index in [4.69, 9.17) is 0 Å². The van der Waals surface area contributed by atoms with Crippen LogP contribution in [0.25, 0.3) is 11.4 Å². The van der Waals surface area contributed by atoms with Crippen LogP contribution in [0, 0.1) is 6.92 Å². The molecule has 0 aliphatic carbocycles. The van der Waals surface area contributed by atoms with Crippen LogP contribution >= 0.6 is 11.3 Å². The molecule has 0 fully saturated rings. The topological polar surface area (TPSA) is 76.9 Å². The third-order valence-electron chi connectivity index (χ3n) is 3.28. The van der Waals surface area contributed by atoms with Gasteiger partial charge in [0.1, 0.15) is 4.21 Å². The Balaban J connectivity index is 1.77. The van der Waals surface area contributed by atoms with Crippen molar-refractivity contribution < 1.29 is 8.42 Å². The Morgan fingerprint density at radius 3 is 2.74 bits per heavy atom. The molecule has 0 saturated carbocycles. The van der Waals surface area contributed by atoms with Crippen molar-refractivity contribution in [2.24, 2.45) is 7.05 Å². The predicted molar refractivity (Wildman–Crippen MR) is 89.5 cm³/mol. The first-order chi connectivity index (χ1) is 11.0. The van der Waals surface area contributed by atoms with Crippen molar-refractivity contribution in [3.63, 3.8) is 0 Å². The number of aromatic nitrogens is 3. The Morgan fingerprint density at radius 2 is 2.09 bits per heavy atom. The van der Waals surface area contributed by atoms with Gasteiger partial charge in [-0.15, -0.1) is 11.3 Å². The summed E-state index contributed by atoms with van der Waals surface area (Å²) in [6, 6.07) is 10.9. The zero-order valence-corrected chi connectivity index (χ0v) is 14.4. The van der Waals surface area contributed by atoms with E-state index < -0.39 is 10.0 Å². The Hall–Kier alpha value is -2.03. The van der Waals surface area contributed by atoms with Gasteiger partial charge in [-0.25, -0.2) is 13.1 Å². The third kappa shape index (κ3) is 3.49. The van der Waals surface area contributed by atoms with Crippen molar-refractivity contribution in [1.29, 1.82) is 0 Å². The fourth-order valence-corrected chi connectivity index (χ4v) is 4.49. The summed E-state index contributed by atoms with van der Waals surface area (Å²) in [4.78, 5) is 5.24. The molecule has 3 aromatic heterocycles. The summed E-state index contributed by atoms with van der Waals surface area (Å²) in [6.07, 6.45) is 1.71. The van der Waals surface area contributed by atoms with Gasteiger partial charge < -0.3 is 0 Å². The molecule has 3 rings (SSSR count). The number of rotatable bonds is 5. The molecule has 0 unspecified atom stereocenters. The van der Waals surface area contributed by atoms with Gasteiger partial charge in [-0.3, -0.25) is 9.67 Å². The zero-order valence-electron chi connectivity index (χ0n) is 12.7. The van der Waals surface area contributed by atoms with E-state index in [1.807, 2.05) is 38.2 Å². The molecule has 0 radical (unpaired) electrons. The van der Waals surface area contributed by atoms with Crippen molar-refractivity contribution >= 4 is 21.4 Å². The molecule has 0 aromatic carbocycles. The minimum absolute atomic E-state index is 0.139. The number of pyridine rings is 1. The molecule has 120 valence electrons. The standard InChI is InChI=1S/C15H16N4O2S2/c1-11-6-7-15(22-11)23(20,21)17-10-12-9-14(19(2)18-12)13-5-3-4-8-16-13/h3-9,17H,10H2,1-2H3. The highest BCUT2D eigenvalue weighted by molar-refractivity contribution is 7.91. The molecular weight excluding hydrogens is 332 g/mol. The van der Waals surface area contributed by atoms with Crippen molar-refractivity contribution in [2.45, 2.75) is 17.7 Å². The molecule has 0 amide bonds. The Bertz CT molecular complexity index is 914. The van der Waals surface area contributed by atoms with Crippen LogP contribution in [0.1, 0.15) is 10.6 Å². The van der Waals surface area contributed by atoms with Crippen LogP contribution in [-0.4, -0.2) is 23.2 Å². The molecule has 23 heavy (non-hydrogen) atoms. The van der Waals surface area contributed by atoms with Gasteiger partial charge in [-0.05, 0) is 37.3 Å². The Morgan fingerprint density at radius 1 is 1.26 bits per heavy atom. The highest BCUT2D eigenvalue weighted by Crippen LogP contribution is 2.21. The third-order valence-corrected chi connectivity index (χ3v) is 6.18. The monoisotopic (exact) mass is 348 g/mol. The SMILES string of the molecule is Cc1ccc(S(=O)(=O)NCc2cc(-c3ccccn3)n(C)n2)s1. The molecule has 0 atom stereocenters. The molecule has 0 saturated heterocycles. The Labute approximate surface area is 138 Å². The molecule has 1 N–H and O–H groups in total. The van der Waals surface area contributed by atoms with Crippen LogP contribution in [0.5, 0.6) is 0 Å². The average Bonchev–Trinajstić information content (AvgIpc) is 3.13. The van der Waals surface area contributed by atoms with Gasteiger partial charge in [0, 0.05) is 18.1 Å². The zero-order chi connectivity index (χ0) is 16.4. The second kappa shape index (κ2) is 6.23. The predicted octanol–water partition coefficient (Wildman–Crippen LogP) is 2.33. The lowest BCUT2D eigenvalue weighted by Crippen LogP contribution is -2.22. The highest BCUT2D eigenvalue weighted by atomic mass is 32.2. The van der Waals surface area contributed by atoms with Crippen LogP contribution in [0.4, 0.5) is 0 Å². The van der Waals surface area contributed by atoms with Crippen LogP contribution in [-0.2, 0) is 23.6 Å². The van der Waals surface area contributed by atoms with Gasteiger partial charge in [-0.1, -0.05) is 6.07 Å². The van der Waals surface area contributed by atoms with E-state index in [1.165, 1.54) is 11.3 Å². The van der Waals surface area contributed by atoms with Gasteiger partial charge in [0.2, 0.25) is 10.0 Å². The maximum atomic E-state index is 12.2. The quantitative estimate of drug-likeness (QED) is 0.768. The van der Waals surface area contributed by atoms with Gasteiger partial charge in [0.05, 0.1) is 23.6 Å². The molecule has 0 aliphatic rings. The molecule has 0 aliphatic heterocycles. The second-order valence-corrected chi connectivity index (χ2v) is 8.33. The normalized spacial score (nSPS) is 11.7. The molecule has 3 aromatic rings. The van der Waals surface area contributed by atoms with Crippen molar-refractivity contribution in [2.75, 3.05) is 0 Å². The number of hydrogen-bond donors (Lipinski definition) is 1. The first-order valence-corrected chi connectivity index (χ1v) is 9.26. The minimum atomic E-state index is -3.50. The number of aryl methyl sites for hydroxylation is 2. The van der Waals surface area contributed by atoms with E-state index in [1.54, 1.807) is 23.0 Å². The number of nitrogens with one attached hydrogen (secondary N) is 1. The van der Waals surface area contributed by atoms with Crippen LogP contribution in [0.15, 0.2) is 46.8 Å². The van der Waals surface area contributed by atoms with E-state index >= 15 is 0 Å². The number of sulfonamides is 1. The summed E-state index contributed by atoms with van der Waals surface area (Å²) in [5.74, 6) is 0. The largest absolute Gasteiger partial charge is 0.266 e. The summed E-state index contributed by atoms with van der Waals surface area (Å²) in [5.41, 5.74) is 2.28. The van der Waals surface area contributed by atoms with E-state index in [0.717, 1.165) is 16.3 Å². The van der Waals surface area contributed by atoms with E-state index in [2.05, 4.69) is 14.8 Å². The van der Waals surface area contributed by atoms with Gasteiger partial charge in [0.25, 0.3) is 0 Å². The van der Waals surface area contributed by atoms with Crippen molar-refractivity contribution in [3.05, 3.63) is 53.2 Å². The first kappa shape index (κ1) is 15.9. The summed E-state index contributed by atoms with van der Waals surface area (Å²) in [7, 11) is -1.69. The van der Waals surface area contributed by atoms with E-state index in [9.17, 15) is 8.42 Å². The van der Waals surface area contributed by atoms with Crippen molar-refractivity contribution in [1.82, 2.24) is 19.5 Å². The lowest BCUT2D eigenvalue weighted by molar-refractivity contribution is 0.581. The average molecular weight is 348 g/mol. The lowest BCUT2D eigenvalue weighted by Gasteiger charge is -2.02. The van der Waals surface area contributed by atoms with Gasteiger partial charge in [-0.2, -0.15) is 5.10 Å². The second-order valence-electron chi connectivity index (χ2n) is 5.05. The van der Waals surface area contributed by atoms with Gasteiger partial charge >= 0.3 is 0 Å². The highest BCUT2D eigenvalue weighted by Gasteiger charge is 2.17. The van der Waals surface area contributed by atoms with Crippen LogP contribution in [0.2, 0.25) is 0 Å². The molecule has 3 heterocycles. The van der Waals surface area contributed by atoms with Crippen LogP contribution in [0.3, 0.4) is 0 Å². The molecule has 0 spiro atoms. The summed E-state index contributed by atoms with van der Waals surface area (Å²) in [6.45, 7) is 2.02. The summed E-state index contributed by atoms with van der Waals surface area (Å²) >= 11 is 1.25. The van der Waals surface area contributed by atoms with E-state index in [-0.39, 0.29) is 6.54 Å². The first-order valence-electron chi connectivity index (χ1n) is 6.96. The minimum Gasteiger partial charge on any atom is -0.266 e. The molecule has 8 heteroatoms. The molecule has 0 bridgehead atoms. The lowest BCUT2D eigenvalue weighted by atomic mass is 10.2. The van der Waals surface area contributed by atoms with Crippen LogP contribution < -0.4 is 4.72 Å². The Kier molecular flexibility index (Phi) is 4.29. The maximum absolute atomic E-state index is 12.2. The number of nitrogens with zero attached hydrogens (tertiary/aromatic N) is 3. The summed E-state index contributed by atoms with van der Waals surface area (Å²) in [5, 5.41) is 4.34. The fraction of sp³-hybridized carbons (Fsp3) is 0.200. The molecular formula is C15H16N4O2S2. The van der Waals surface area contributed by atoms with Crippen molar-refractivity contribution in [3.8, 4) is 11.4 Å².